The lowest BCUT2D eigenvalue weighted by atomic mass is 10.3. The van der Waals surface area contributed by atoms with Crippen molar-refractivity contribution in [3.05, 3.63) is 0 Å². The summed E-state index contributed by atoms with van der Waals surface area (Å²) in [6.45, 7) is 1.08. The van der Waals surface area contributed by atoms with Gasteiger partial charge in [-0.2, -0.15) is 0 Å². The van der Waals surface area contributed by atoms with E-state index in [0.29, 0.717) is 13.2 Å². The van der Waals surface area contributed by atoms with Crippen molar-refractivity contribution in [1.82, 2.24) is 4.90 Å². The van der Waals surface area contributed by atoms with Crippen molar-refractivity contribution >= 4 is 11.9 Å². The SMILES string of the molecule is COC(=O)CN(C)C(=O)C1COCCO1. The Morgan fingerprint density at radius 2 is 2.20 bits per heavy atom. The van der Waals surface area contributed by atoms with Gasteiger partial charge in [-0.05, 0) is 0 Å². The summed E-state index contributed by atoms with van der Waals surface area (Å²) in [6, 6.07) is 0. The Kier molecular flexibility index (Phi) is 4.51. The van der Waals surface area contributed by atoms with Crippen LogP contribution >= 0.6 is 0 Å². The number of hydrogen-bond donors (Lipinski definition) is 0. The van der Waals surface area contributed by atoms with Gasteiger partial charge in [0.1, 0.15) is 6.54 Å². The van der Waals surface area contributed by atoms with Gasteiger partial charge in [-0.1, -0.05) is 0 Å². The number of ether oxygens (including phenoxy) is 3. The van der Waals surface area contributed by atoms with Crippen molar-refractivity contribution in [1.29, 1.82) is 0 Å². The van der Waals surface area contributed by atoms with Gasteiger partial charge < -0.3 is 19.1 Å². The molecule has 1 aliphatic heterocycles. The number of hydrogen-bond acceptors (Lipinski definition) is 5. The minimum Gasteiger partial charge on any atom is -0.468 e. The van der Waals surface area contributed by atoms with E-state index in [9.17, 15) is 9.59 Å². The Balaban J connectivity index is 2.40. The van der Waals surface area contributed by atoms with Crippen LogP contribution in [-0.2, 0) is 23.8 Å². The lowest BCUT2D eigenvalue weighted by molar-refractivity contribution is -0.160. The summed E-state index contributed by atoms with van der Waals surface area (Å²) in [6.07, 6.45) is -0.603. The molecule has 0 radical (unpaired) electrons. The monoisotopic (exact) mass is 217 g/mol. The first-order valence-corrected chi connectivity index (χ1v) is 4.66. The van der Waals surface area contributed by atoms with E-state index in [-0.39, 0.29) is 19.1 Å². The molecule has 0 bridgehead atoms. The maximum absolute atomic E-state index is 11.7. The smallest absolute Gasteiger partial charge is 0.325 e. The van der Waals surface area contributed by atoms with Crippen molar-refractivity contribution in [2.75, 3.05) is 40.5 Å². The molecular weight excluding hydrogens is 202 g/mol. The van der Waals surface area contributed by atoms with Crippen molar-refractivity contribution in [3.63, 3.8) is 0 Å². The molecule has 1 unspecified atom stereocenters. The van der Waals surface area contributed by atoms with Gasteiger partial charge in [0.25, 0.3) is 5.91 Å². The highest BCUT2D eigenvalue weighted by atomic mass is 16.6. The molecule has 0 aromatic rings. The molecule has 0 spiro atoms. The summed E-state index contributed by atoms with van der Waals surface area (Å²) in [5, 5.41) is 0. The molecule has 1 aliphatic rings. The Labute approximate surface area is 88.1 Å². The van der Waals surface area contributed by atoms with Crippen molar-refractivity contribution in [3.8, 4) is 0 Å². The zero-order valence-electron chi connectivity index (χ0n) is 8.89. The first-order valence-electron chi connectivity index (χ1n) is 4.66. The average molecular weight is 217 g/mol. The lowest BCUT2D eigenvalue weighted by Gasteiger charge is -2.26. The predicted molar refractivity (Wildman–Crippen MR) is 50.2 cm³/mol. The molecule has 1 saturated heterocycles. The van der Waals surface area contributed by atoms with Crippen LogP contribution < -0.4 is 0 Å². The Bertz CT molecular complexity index is 237. The van der Waals surface area contributed by atoms with Gasteiger partial charge in [0.15, 0.2) is 6.10 Å². The van der Waals surface area contributed by atoms with Crippen LogP contribution in [-0.4, -0.2) is 63.4 Å². The van der Waals surface area contributed by atoms with Gasteiger partial charge in [-0.15, -0.1) is 0 Å². The van der Waals surface area contributed by atoms with Gasteiger partial charge in [-0.25, -0.2) is 0 Å². The van der Waals surface area contributed by atoms with Crippen molar-refractivity contribution < 1.29 is 23.8 Å². The number of carbonyl (C=O) groups is 2. The van der Waals surface area contributed by atoms with E-state index in [0.717, 1.165) is 0 Å². The first-order chi connectivity index (χ1) is 7.15. The Hall–Kier alpha value is -1.14. The standard InChI is InChI=1S/C9H15NO5/c1-10(5-8(11)13-2)9(12)7-6-14-3-4-15-7/h7H,3-6H2,1-2H3. The maximum Gasteiger partial charge on any atom is 0.325 e. The molecule has 1 atom stereocenters. The van der Waals surface area contributed by atoms with Gasteiger partial charge in [0, 0.05) is 7.05 Å². The molecule has 1 fully saturated rings. The summed E-state index contributed by atoms with van der Waals surface area (Å²) < 4.78 is 14.8. The number of methoxy groups -OCH3 is 1. The van der Waals surface area contributed by atoms with Gasteiger partial charge in [0.05, 0.1) is 26.9 Å². The zero-order valence-corrected chi connectivity index (χ0v) is 8.89. The van der Waals surface area contributed by atoms with Crippen LogP contribution in [0.2, 0.25) is 0 Å². The van der Waals surface area contributed by atoms with Crippen LogP contribution in [0.1, 0.15) is 0 Å². The number of esters is 1. The molecule has 0 aromatic heterocycles. The highest BCUT2D eigenvalue weighted by Gasteiger charge is 2.26. The predicted octanol–water partition coefficient (Wildman–Crippen LogP) is -0.967. The average Bonchev–Trinajstić information content (AvgIpc) is 2.29. The van der Waals surface area contributed by atoms with E-state index in [4.69, 9.17) is 9.47 Å². The molecule has 1 amide bonds. The largest absolute Gasteiger partial charge is 0.468 e. The van der Waals surface area contributed by atoms with Crippen molar-refractivity contribution in [2.24, 2.45) is 0 Å². The maximum atomic E-state index is 11.7. The molecule has 1 rings (SSSR count). The summed E-state index contributed by atoms with van der Waals surface area (Å²) >= 11 is 0. The topological polar surface area (TPSA) is 65.1 Å². The molecule has 15 heavy (non-hydrogen) atoms. The van der Waals surface area contributed by atoms with Crippen LogP contribution in [0.25, 0.3) is 0 Å². The third-order valence-corrected chi connectivity index (χ3v) is 2.06. The molecule has 6 heteroatoms. The van der Waals surface area contributed by atoms with Gasteiger partial charge >= 0.3 is 5.97 Å². The molecule has 0 aliphatic carbocycles. The second-order valence-corrected chi connectivity index (χ2v) is 3.20. The normalized spacial score (nSPS) is 20.8. The number of likely N-dealkylation sites (N-methyl/N-ethyl adjacent to an activating group) is 1. The summed E-state index contributed by atoms with van der Waals surface area (Å²) in [5.74, 6) is -0.720. The van der Waals surface area contributed by atoms with E-state index in [1.54, 1.807) is 0 Å². The van der Waals surface area contributed by atoms with E-state index < -0.39 is 12.1 Å². The fourth-order valence-corrected chi connectivity index (χ4v) is 1.21. The molecule has 0 aromatic carbocycles. The van der Waals surface area contributed by atoms with Gasteiger partial charge in [-0.3, -0.25) is 9.59 Å². The minimum atomic E-state index is -0.603. The fourth-order valence-electron chi connectivity index (χ4n) is 1.21. The zero-order chi connectivity index (χ0) is 11.3. The summed E-state index contributed by atoms with van der Waals surface area (Å²) in [5.41, 5.74) is 0. The van der Waals surface area contributed by atoms with Crippen LogP contribution in [0.4, 0.5) is 0 Å². The highest BCUT2D eigenvalue weighted by Crippen LogP contribution is 2.04. The minimum absolute atomic E-state index is 0.0742. The second-order valence-electron chi connectivity index (χ2n) is 3.20. The quantitative estimate of drug-likeness (QED) is 0.569. The van der Waals surface area contributed by atoms with Crippen LogP contribution in [0.3, 0.4) is 0 Å². The Morgan fingerprint density at radius 3 is 2.73 bits per heavy atom. The molecule has 0 saturated carbocycles. The summed E-state index contributed by atoms with van der Waals surface area (Å²) in [4.78, 5) is 23.9. The molecule has 1 heterocycles. The van der Waals surface area contributed by atoms with Crippen LogP contribution in [0, 0.1) is 0 Å². The lowest BCUT2D eigenvalue weighted by Crippen LogP contribution is -2.45. The third kappa shape index (κ3) is 3.49. The summed E-state index contributed by atoms with van der Waals surface area (Å²) in [7, 11) is 2.80. The van der Waals surface area contributed by atoms with E-state index in [1.807, 2.05) is 0 Å². The number of nitrogens with zero attached hydrogens (tertiary/aromatic N) is 1. The highest BCUT2D eigenvalue weighted by molar-refractivity contribution is 5.85. The third-order valence-electron chi connectivity index (χ3n) is 2.06. The first kappa shape index (κ1) is 11.9. The Morgan fingerprint density at radius 1 is 1.47 bits per heavy atom. The van der Waals surface area contributed by atoms with Crippen LogP contribution in [0.15, 0.2) is 0 Å². The molecule has 6 nitrogen and oxygen atoms in total. The molecule has 0 N–H and O–H groups in total. The number of amides is 1. The van der Waals surface area contributed by atoms with Gasteiger partial charge in [0.2, 0.25) is 0 Å². The van der Waals surface area contributed by atoms with Crippen molar-refractivity contribution in [2.45, 2.75) is 6.10 Å². The number of carbonyl (C=O) groups excluding carboxylic acids is 2. The van der Waals surface area contributed by atoms with E-state index >= 15 is 0 Å². The number of rotatable bonds is 3. The fraction of sp³-hybridized carbons (Fsp3) is 0.778. The van der Waals surface area contributed by atoms with Crippen LogP contribution in [0.5, 0.6) is 0 Å². The molecule has 86 valence electrons. The second kappa shape index (κ2) is 5.67. The molecular formula is C9H15NO5. The van der Waals surface area contributed by atoms with E-state index in [2.05, 4.69) is 4.74 Å². The van der Waals surface area contributed by atoms with E-state index in [1.165, 1.54) is 19.1 Å².